The highest BCUT2D eigenvalue weighted by molar-refractivity contribution is 7.87. The molecule has 4 rings (SSSR count). The molecule has 3 N–H and O–H groups in total. The molecule has 0 bridgehead atoms. The number of hydrogen-bond acceptors (Lipinski definition) is 7. The average molecular weight is 436 g/mol. The van der Waals surface area contributed by atoms with E-state index in [1.54, 1.807) is 48.7 Å². The van der Waals surface area contributed by atoms with Crippen LogP contribution < -0.4 is 5.73 Å². The summed E-state index contributed by atoms with van der Waals surface area (Å²) in [6, 6.07) is 13.9. The van der Waals surface area contributed by atoms with Gasteiger partial charge in [0.25, 0.3) is 0 Å². The van der Waals surface area contributed by atoms with E-state index in [4.69, 9.17) is 5.73 Å². The Kier molecular flexibility index (Phi) is 5.17. The number of aromatic nitrogens is 4. The summed E-state index contributed by atoms with van der Waals surface area (Å²) >= 11 is 0. The van der Waals surface area contributed by atoms with E-state index in [0.29, 0.717) is 16.6 Å². The minimum absolute atomic E-state index is 0.00511. The number of fused-ring (bicyclic) bond motifs is 1. The Hall–Kier alpha value is -3.76. The van der Waals surface area contributed by atoms with E-state index in [2.05, 4.69) is 15.0 Å². The summed E-state index contributed by atoms with van der Waals surface area (Å²) in [6.45, 7) is 0. The van der Waals surface area contributed by atoms with Crippen LogP contribution >= 0.6 is 0 Å². The van der Waals surface area contributed by atoms with Crippen molar-refractivity contribution in [3.8, 4) is 17.1 Å². The number of rotatable bonds is 5. The van der Waals surface area contributed by atoms with E-state index in [1.165, 1.54) is 24.1 Å². The molecule has 2 aromatic carbocycles. The third kappa shape index (κ3) is 3.86. The lowest BCUT2D eigenvalue weighted by Gasteiger charge is -2.12. The van der Waals surface area contributed by atoms with Gasteiger partial charge in [-0.25, -0.2) is 8.96 Å². The van der Waals surface area contributed by atoms with Gasteiger partial charge in [-0.15, -0.1) is 0 Å². The van der Waals surface area contributed by atoms with Crippen LogP contribution in [0.2, 0.25) is 0 Å². The molecule has 31 heavy (non-hydrogen) atoms. The monoisotopic (exact) mass is 436 g/mol. The Labute approximate surface area is 179 Å². The zero-order valence-corrected chi connectivity index (χ0v) is 17.7. The van der Waals surface area contributed by atoms with Gasteiger partial charge in [-0.05, 0) is 30.4 Å². The van der Waals surface area contributed by atoms with Gasteiger partial charge >= 0.3 is 10.2 Å². The smallest absolute Gasteiger partial charge is 0.307 e. The third-order valence-electron chi connectivity index (χ3n) is 4.65. The second-order valence-corrected chi connectivity index (χ2v) is 8.93. The summed E-state index contributed by atoms with van der Waals surface area (Å²) in [6.07, 6.45) is 4.88. The lowest BCUT2D eigenvalue weighted by Crippen LogP contribution is -2.28. The van der Waals surface area contributed by atoms with Crippen molar-refractivity contribution in [2.45, 2.75) is 0 Å². The summed E-state index contributed by atoms with van der Waals surface area (Å²) in [5.74, 6) is 0.548. The summed E-state index contributed by atoms with van der Waals surface area (Å²) < 4.78 is 27.8. The lowest BCUT2D eigenvalue weighted by molar-refractivity contribution is 0.477. The fourth-order valence-electron chi connectivity index (χ4n) is 3.11. The number of nitrogens with two attached hydrogens (primary N) is 1. The van der Waals surface area contributed by atoms with Crippen LogP contribution in [0.15, 0.2) is 54.7 Å². The minimum Gasteiger partial charge on any atom is -0.507 e. The molecular formula is C21H20N6O3S. The molecule has 0 spiro atoms. The van der Waals surface area contributed by atoms with Crippen LogP contribution in [0.5, 0.6) is 5.75 Å². The zero-order chi connectivity index (χ0) is 22.2. The van der Waals surface area contributed by atoms with E-state index >= 15 is 0 Å². The summed E-state index contributed by atoms with van der Waals surface area (Å²) in [4.78, 5) is 12.6. The molecule has 2 aromatic heterocycles. The van der Waals surface area contributed by atoms with Gasteiger partial charge in [-0.2, -0.15) is 22.7 Å². The van der Waals surface area contributed by atoms with Gasteiger partial charge in [-0.1, -0.05) is 30.3 Å². The molecule has 0 radical (unpaired) electrons. The standard InChI is InChI=1S/C21H20N6O3S/c1-26(2)31(29,30)27-13-14(15-7-3-5-9-17(15)27)11-12-19-23-20(25-21(22)24-19)16-8-4-6-10-18(16)28/h3-13,28H,1-2H3,(H2,22,23,24,25). The van der Waals surface area contributed by atoms with Crippen molar-refractivity contribution in [1.82, 2.24) is 23.2 Å². The molecule has 2 heterocycles. The maximum atomic E-state index is 12.7. The van der Waals surface area contributed by atoms with E-state index in [1.807, 2.05) is 12.1 Å². The van der Waals surface area contributed by atoms with Crippen molar-refractivity contribution >= 4 is 39.2 Å². The van der Waals surface area contributed by atoms with Gasteiger partial charge in [-0.3, -0.25) is 0 Å². The first-order valence-corrected chi connectivity index (χ1v) is 10.7. The summed E-state index contributed by atoms with van der Waals surface area (Å²) in [5, 5.41) is 10.8. The highest BCUT2D eigenvalue weighted by atomic mass is 32.2. The molecule has 10 heteroatoms. The van der Waals surface area contributed by atoms with Crippen molar-refractivity contribution in [1.29, 1.82) is 0 Å². The molecule has 0 aliphatic heterocycles. The van der Waals surface area contributed by atoms with E-state index in [0.717, 1.165) is 9.69 Å². The molecule has 0 aliphatic carbocycles. The summed E-state index contributed by atoms with van der Waals surface area (Å²) in [5.41, 5.74) is 7.49. The van der Waals surface area contributed by atoms with Crippen LogP contribution in [-0.2, 0) is 10.2 Å². The van der Waals surface area contributed by atoms with E-state index in [9.17, 15) is 13.5 Å². The van der Waals surface area contributed by atoms with E-state index in [-0.39, 0.29) is 23.3 Å². The predicted molar refractivity (Wildman–Crippen MR) is 120 cm³/mol. The number of para-hydroxylation sites is 2. The number of nitrogens with zero attached hydrogens (tertiary/aromatic N) is 5. The largest absolute Gasteiger partial charge is 0.507 e. The predicted octanol–water partition coefficient (Wildman–Crippen LogP) is 2.61. The van der Waals surface area contributed by atoms with Crippen LogP contribution in [0.4, 0.5) is 5.95 Å². The molecule has 0 atom stereocenters. The molecule has 0 saturated carbocycles. The fraction of sp³-hybridized carbons (Fsp3) is 0.0952. The van der Waals surface area contributed by atoms with Crippen LogP contribution in [0.1, 0.15) is 11.4 Å². The maximum absolute atomic E-state index is 12.7. The Bertz CT molecular complexity index is 1410. The van der Waals surface area contributed by atoms with Gasteiger partial charge in [0, 0.05) is 31.2 Å². The second kappa shape index (κ2) is 7.82. The third-order valence-corrected chi connectivity index (χ3v) is 6.37. The van der Waals surface area contributed by atoms with Crippen molar-refractivity contribution in [3.63, 3.8) is 0 Å². The van der Waals surface area contributed by atoms with Gasteiger partial charge in [0.1, 0.15) is 5.75 Å². The quantitative estimate of drug-likeness (QED) is 0.492. The topological polar surface area (TPSA) is 127 Å². The van der Waals surface area contributed by atoms with E-state index < -0.39 is 10.2 Å². The fourth-order valence-corrected chi connectivity index (χ4v) is 4.11. The Morgan fingerprint density at radius 2 is 1.71 bits per heavy atom. The minimum atomic E-state index is -3.69. The lowest BCUT2D eigenvalue weighted by atomic mass is 10.1. The van der Waals surface area contributed by atoms with Crippen LogP contribution in [0.25, 0.3) is 34.4 Å². The van der Waals surface area contributed by atoms with Gasteiger partial charge in [0.2, 0.25) is 5.95 Å². The molecule has 0 saturated heterocycles. The first-order valence-electron chi connectivity index (χ1n) is 9.28. The first kappa shape index (κ1) is 20.5. The van der Waals surface area contributed by atoms with Crippen LogP contribution in [-0.4, -0.2) is 50.8 Å². The second-order valence-electron chi connectivity index (χ2n) is 6.91. The van der Waals surface area contributed by atoms with Crippen molar-refractivity contribution in [3.05, 3.63) is 66.1 Å². The van der Waals surface area contributed by atoms with Gasteiger partial charge in [0.15, 0.2) is 11.6 Å². The highest BCUT2D eigenvalue weighted by Crippen LogP contribution is 2.27. The Morgan fingerprint density at radius 1 is 1.00 bits per heavy atom. The number of phenols is 1. The van der Waals surface area contributed by atoms with Crippen molar-refractivity contribution in [2.75, 3.05) is 19.8 Å². The molecule has 9 nitrogen and oxygen atoms in total. The number of aromatic hydroxyl groups is 1. The van der Waals surface area contributed by atoms with Gasteiger partial charge in [0.05, 0.1) is 11.1 Å². The molecule has 0 unspecified atom stereocenters. The Morgan fingerprint density at radius 3 is 2.45 bits per heavy atom. The average Bonchev–Trinajstić information content (AvgIpc) is 3.11. The number of benzene rings is 2. The maximum Gasteiger partial charge on any atom is 0.307 e. The molecule has 0 fully saturated rings. The number of phenolic OH excluding ortho intramolecular Hbond substituents is 1. The SMILES string of the molecule is CN(C)S(=O)(=O)n1cc(C=Cc2nc(N)nc(-c3ccccc3O)n2)c2ccccc21. The molecule has 158 valence electrons. The van der Waals surface area contributed by atoms with Crippen LogP contribution in [0.3, 0.4) is 0 Å². The molecule has 4 aromatic rings. The van der Waals surface area contributed by atoms with Crippen molar-refractivity contribution < 1.29 is 13.5 Å². The van der Waals surface area contributed by atoms with Crippen molar-refractivity contribution in [2.24, 2.45) is 0 Å². The number of anilines is 1. The normalized spacial score (nSPS) is 12.2. The molecular weight excluding hydrogens is 416 g/mol. The highest BCUT2D eigenvalue weighted by Gasteiger charge is 2.20. The number of nitrogen functional groups attached to an aromatic ring is 1. The molecule has 0 amide bonds. The van der Waals surface area contributed by atoms with Crippen LogP contribution in [0, 0.1) is 0 Å². The molecule has 0 aliphatic rings. The Balaban J connectivity index is 1.79. The number of hydrogen-bond donors (Lipinski definition) is 2. The summed E-state index contributed by atoms with van der Waals surface area (Å²) in [7, 11) is -0.733. The van der Waals surface area contributed by atoms with Gasteiger partial charge < -0.3 is 10.8 Å². The first-order chi connectivity index (χ1) is 14.8. The zero-order valence-electron chi connectivity index (χ0n) is 16.8.